The fourth-order valence-electron chi connectivity index (χ4n) is 3.21. The smallest absolute Gasteiger partial charge is 0.403 e. The van der Waals surface area contributed by atoms with E-state index in [-0.39, 0.29) is 23.6 Å². The van der Waals surface area contributed by atoms with Crippen LogP contribution in [0.1, 0.15) is 57.9 Å². The van der Waals surface area contributed by atoms with Crippen molar-refractivity contribution in [2.24, 2.45) is 5.41 Å². The first-order valence-electron chi connectivity index (χ1n) is 7.29. The summed E-state index contributed by atoms with van der Waals surface area (Å²) in [5.74, 6) is 0. The molecule has 1 heterocycles. The monoisotopic (exact) mass is 211 g/mol. The molecule has 0 spiro atoms. The van der Waals surface area contributed by atoms with Crippen molar-refractivity contribution in [1.29, 1.82) is 0 Å². The maximum atomic E-state index is 7.59. The second-order valence-electron chi connectivity index (χ2n) is 6.76. The zero-order valence-corrected chi connectivity index (χ0v) is 10.0. The van der Waals surface area contributed by atoms with E-state index in [0.29, 0.717) is 0 Å². The first kappa shape index (κ1) is 7.34. The Morgan fingerprint density at radius 2 is 1.47 bits per heavy atom. The van der Waals surface area contributed by atoms with Crippen LogP contribution in [0, 0.1) is 5.41 Å². The summed E-state index contributed by atoms with van der Waals surface area (Å²) in [5.41, 5.74) is -1.07. The van der Waals surface area contributed by atoms with Gasteiger partial charge in [-0.2, -0.15) is 0 Å². The van der Waals surface area contributed by atoms with Gasteiger partial charge in [0.05, 0.1) is 11.2 Å². The van der Waals surface area contributed by atoms with E-state index in [1.165, 1.54) is 0 Å². The molecule has 0 amide bonds. The molecule has 15 heavy (non-hydrogen) atoms. The number of hydrogen-bond donors (Lipinski definition) is 0. The van der Waals surface area contributed by atoms with Gasteiger partial charge in [-0.25, -0.2) is 0 Å². The van der Waals surface area contributed by atoms with E-state index in [2.05, 4.69) is 0 Å². The molecule has 84 valence electrons. The van der Waals surface area contributed by atoms with Crippen molar-refractivity contribution in [3.05, 3.63) is 0 Å². The first-order valence-corrected chi connectivity index (χ1v) is 5.79. The highest BCUT2D eigenvalue weighted by Gasteiger charge is 2.74. The minimum absolute atomic E-state index is 0.0283. The predicted molar refractivity (Wildman–Crippen MR) is 60.7 cm³/mol. The Morgan fingerprint density at radius 3 is 1.87 bits per heavy atom. The molecule has 3 heteroatoms. The van der Waals surface area contributed by atoms with E-state index in [4.69, 9.17) is 13.4 Å². The summed E-state index contributed by atoms with van der Waals surface area (Å²) in [7, 11) is -0.230. The van der Waals surface area contributed by atoms with Crippen LogP contribution in [0.3, 0.4) is 0 Å². The number of hydrogen-bond acceptors (Lipinski definition) is 2. The molecule has 3 saturated carbocycles. The van der Waals surface area contributed by atoms with Crippen LogP contribution in [0.2, 0.25) is 5.31 Å². The molecule has 0 aromatic rings. The molecule has 2 bridgehead atoms. The highest BCUT2D eigenvalue weighted by atomic mass is 16.7. The molecule has 4 aliphatic rings. The van der Waals surface area contributed by atoms with Crippen molar-refractivity contribution >= 4 is 7.12 Å². The lowest BCUT2D eigenvalue weighted by atomic mass is 9.25. The highest BCUT2D eigenvalue weighted by Crippen LogP contribution is 2.80. The standard InChI is InChI=1S/C12H21BO2/c1-9(2)10(3,4)15-13(14-9)12-6-11(5,7-12)8-12/h6-8H2,1-5H3/i5D3. The third-order valence-electron chi connectivity index (χ3n) is 4.82. The van der Waals surface area contributed by atoms with E-state index in [1.54, 1.807) is 0 Å². The maximum absolute atomic E-state index is 7.59. The fourth-order valence-corrected chi connectivity index (χ4v) is 3.21. The summed E-state index contributed by atoms with van der Waals surface area (Å²) in [6.07, 6.45) is 2.19. The van der Waals surface area contributed by atoms with Gasteiger partial charge >= 0.3 is 7.12 Å². The van der Waals surface area contributed by atoms with Gasteiger partial charge in [-0.15, -0.1) is 0 Å². The van der Waals surface area contributed by atoms with Crippen LogP contribution in [0.15, 0.2) is 0 Å². The minimum atomic E-state index is -1.82. The third-order valence-corrected chi connectivity index (χ3v) is 4.82. The zero-order chi connectivity index (χ0) is 13.6. The van der Waals surface area contributed by atoms with Crippen LogP contribution in [0.25, 0.3) is 0 Å². The van der Waals surface area contributed by atoms with E-state index in [1.807, 2.05) is 27.7 Å². The largest absolute Gasteiger partial charge is 0.464 e. The van der Waals surface area contributed by atoms with Crippen molar-refractivity contribution < 1.29 is 13.4 Å². The minimum Gasteiger partial charge on any atom is -0.403 e. The molecule has 0 N–H and O–H groups in total. The SMILES string of the molecule is [2H]C([2H])([2H])C12CC(B3OC(C)(C)C(C)(C)O3)(C1)C2. The molecule has 3 aliphatic carbocycles. The van der Waals surface area contributed by atoms with Crippen LogP contribution in [0.5, 0.6) is 0 Å². The average Bonchev–Trinajstić information content (AvgIpc) is 2.10. The fraction of sp³-hybridized carbons (Fsp3) is 1.00. The van der Waals surface area contributed by atoms with Crippen molar-refractivity contribution in [2.45, 2.75) is 70.3 Å². The normalized spacial score (nSPS) is 53.6. The number of rotatable bonds is 1. The molecule has 2 nitrogen and oxygen atoms in total. The lowest BCUT2D eigenvalue weighted by Gasteiger charge is -2.70. The maximum Gasteiger partial charge on any atom is 0.464 e. The van der Waals surface area contributed by atoms with Gasteiger partial charge in [0, 0.05) is 9.43 Å². The summed E-state index contributed by atoms with van der Waals surface area (Å²) in [5, 5.41) is -0.0283. The predicted octanol–water partition coefficient (Wildman–Crippen LogP) is 3.02. The topological polar surface area (TPSA) is 18.5 Å². The molecular formula is C12H21BO2. The highest BCUT2D eigenvalue weighted by molar-refractivity contribution is 6.51. The molecule has 0 atom stereocenters. The average molecular weight is 211 g/mol. The lowest BCUT2D eigenvalue weighted by molar-refractivity contribution is -0.0936. The summed E-state index contributed by atoms with van der Waals surface area (Å²) in [4.78, 5) is 0. The Hall–Kier alpha value is -0.0151. The van der Waals surface area contributed by atoms with E-state index < -0.39 is 12.3 Å². The Kier molecular flexibility index (Phi) is 1.13. The van der Waals surface area contributed by atoms with Gasteiger partial charge in [0.1, 0.15) is 0 Å². The van der Waals surface area contributed by atoms with E-state index in [0.717, 1.165) is 19.3 Å². The molecule has 0 aromatic heterocycles. The van der Waals surface area contributed by atoms with Crippen molar-refractivity contribution in [3.63, 3.8) is 0 Å². The molecular weight excluding hydrogens is 187 g/mol. The second-order valence-corrected chi connectivity index (χ2v) is 6.76. The van der Waals surface area contributed by atoms with Gasteiger partial charge in [-0.05, 0) is 52.4 Å². The second kappa shape index (κ2) is 2.30. The first-order chi connectivity index (χ1) is 7.93. The molecule has 4 rings (SSSR count). The molecule has 0 unspecified atom stereocenters. The Morgan fingerprint density at radius 1 is 1.00 bits per heavy atom. The Bertz CT molecular complexity index is 367. The van der Waals surface area contributed by atoms with E-state index >= 15 is 0 Å². The van der Waals surface area contributed by atoms with Crippen LogP contribution in [-0.4, -0.2) is 18.3 Å². The quantitative estimate of drug-likeness (QED) is 0.620. The third kappa shape index (κ3) is 1.09. The van der Waals surface area contributed by atoms with E-state index in [9.17, 15) is 0 Å². The van der Waals surface area contributed by atoms with Gasteiger partial charge in [0.2, 0.25) is 0 Å². The summed E-state index contributed by atoms with van der Waals surface area (Å²) in [6.45, 7) is 6.34. The lowest BCUT2D eigenvalue weighted by Crippen LogP contribution is -2.62. The van der Waals surface area contributed by atoms with Crippen molar-refractivity contribution in [3.8, 4) is 0 Å². The molecule has 1 saturated heterocycles. The van der Waals surface area contributed by atoms with Crippen molar-refractivity contribution in [2.75, 3.05) is 0 Å². The van der Waals surface area contributed by atoms with Gasteiger partial charge in [0.15, 0.2) is 0 Å². The summed E-state index contributed by atoms with van der Waals surface area (Å²) < 4.78 is 34.9. The van der Waals surface area contributed by atoms with Crippen LogP contribution < -0.4 is 0 Å². The van der Waals surface area contributed by atoms with Gasteiger partial charge in [-0.1, -0.05) is 6.85 Å². The molecule has 4 fully saturated rings. The van der Waals surface area contributed by atoms with Gasteiger partial charge in [-0.3, -0.25) is 0 Å². The molecule has 0 radical (unpaired) electrons. The Balaban J connectivity index is 1.72. The zero-order valence-electron chi connectivity index (χ0n) is 13.0. The van der Waals surface area contributed by atoms with Crippen LogP contribution in [-0.2, 0) is 9.31 Å². The van der Waals surface area contributed by atoms with Crippen molar-refractivity contribution in [1.82, 2.24) is 0 Å². The molecule has 1 aliphatic heterocycles. The Labute approximate surface area is 97.1 Å². The summed E-state index contributed by atoms with van der Waals surface area (Å²) >= 11 is 0. The van der Waals surface area contributed by atoms with Crippen LogP contribution >= 0.6 is 0 Å². The van der Waals surface area contributed by atoms with Crippen LogP contribution in [0.4, 0.5) is 0 Å². The van der Waals surface area contributed by atoms with Gasteiger partial charge < -0.3 is 9.31 Å². The molecule has 0 aromatic carbocycles. The van der Waals surface area contributed by atoms with Gasteiger partial charge in [0.25, 0.3) is 0 Å². The summed E-state index contributed by atoms with van der Waals surface area (Å²) in [6, 6.07) is 0.